The van der Waals surface area contributed by atoms with Gasteiger partial charge in [-0.3, -0.25) is 4.79 Å². The molecule has 0 saturated carbocycles. The van der Waals surface area contributed by atoms with E-state index < -0.39 is 6.10 Å². The molecule has 1 aliphatic heterocycles. The normalized spacial score (nSPS) is 20.9. The number of nitrogens with two attached hydrogens (primary N) is 1. The lowest BCUT2D eigenvalue weighted by molar-refractivity contribution is -0.119. The number of β-amino-alcohol motifs (C(OH)–C–C–N with tert-alkyl or cyclic N) is 1. The zero-order valence-corrected chi connectivity index (χ0v) is 9.89. The van der Waals surface area contributed by atoms with Crippen LogP contribution in [-0.4, -0.2) is 55.4 Å². The van der Waals surface area contributed by atoms with Crippen molar-refractivity contribution in [3.63, 3.8) is 0 Å². The number of carbonyl (C=O) groups is 1. The first-order chi connectivity index (χ1) is 7.61. The summed E-state index contributed by atoms with van der Waals surface area (Å²) in [6, 6.07) is 0. The van der Waals surface area contributed by atoms with Crippen LogP contribution in [0.15, 0.2) is 0 Å². The Morgan fingerprint density at radius 2 is 2.19 bits per heavy atom. The van der Waals surface area contributed by atoms with Crippen molar-refractivity contribution in [2.24, 2.45) is 11.7 Å². The molecule has 3 N–H and O–H groups in total. The highest BCUT2D eigenvalue weighted by molar-refractivity contribution is 5.73. The summed E-state index contributed by atoms with van der Waals surface area (Å²) >= 11 is 0. The van der Waals surface area contributed by atoms with Crippen LogP contribution in [0.4, 0.5) is 0 Å². The highest BCUT2D eigenvalue weighted by Crippen LogP contribution is 2.20. The molecule has 0 aromatic heterocycles. The van der Waals surface area contributed by atoms with Crippen LogP contribution in [-0.2, 0) is 9.53 Å². The summed E-state index contributed by atoms with van der Waals surface area (Å²) in [5.41, 5.74) is 5.17. The third-order valence-corrected chi connectivity index (χ3v) is 3.03. The topological polar surface area (TPSA) is 75.8 Å². The number of carbonyl (C=O) groups excluding carboxylic acids is 1. The minimum atomic E-state index is -0.419. The number of ether oxygens (including phenoxy) is 1. The molecule has 1 amide bonds. The largest absolute Gasteiger partial charge is 0.389 e. The van der Waals surface area contributed by atoms with Gasteiger partial charge in [-0.25, -0.2) is 0 Å². The zero-order chi connectivity index (χ0) is 12.0. The van der Waals surface area contributed by atoms with Crippen molar-refractivity contribution in [1.29, 1.82) is 0 Å². The third kappa shape index (κ3) is 4.92. The fraction of sp³-hybridized carbons (Fsp3) is 0.909. The molecule has 0 aromatic carbocycles. The van der Waals surface area contributed by atoms with Crippen LogP contribution in [0.3, 0.4) is 0 Å². The first-order valence-corrected chi connectivity index (χ1v) is 5.79. The molecule has 0 bridgehead atoms. The Morgan fingerprint density at radius 3 is 2.69 bits per heavy atom. The molecule has 1 heterocycles. The number of piperidine rings is 1. The number of amides is 1. The van der Waals surface area contributed by atoms with Crippen molar-refractivity contribution < 1.29 is 14.6 Å². The van der Waals surface area contributed by atoms with E-state index in [1.54, 1.807) is 7.11 Å². The number of primary amides is 1. The van der Waals surface area contributed by atoms with Gasteiger partial charge < -0.3 is 20.5 Å². The van der Waals surface area contributed by atoms with Crippen molar-refractivity contribution in [1.82, 2.24) is 4.90 Å². The molecule has 1 rings (SSSR count). The second kappa shape index (κ2) is 6.83. The standard InChI is InChI=1S/C11H22N2O3/c1-16-8-10(14)7-13-4-2-9(3-5-13)6-11(12)15/h9-10,14H,2-8H2,1H3,(H2,12,15). The molecule has 0 aliphatic carbocycles. The minimum absolute atomic E-state index is 0.210. The van der Waals surface area contributed by atoms with Gasteiger partial charge in [-0.1, -0.05) is 0 Å². The van der Waals surface area contributed by atoms with Crippen LogP contribution >= 0.6 is 0 Å². The Labute approximate surface area is 96.6 Å². The van der Waals surface area contributed by atoms with E-state index in [-0.39, 0.29) is 5.91 Å². The predicted octanol–water partition coefficient (Wildman–Crippen LogP) is -0.419. The van der Waals surface area contributed by atoms with Gasteiger partial charge in [0.05, 0.1) is 12.7 Å². The van der Waals surface area contributed by atoms with Crippen LogP contribution in [0, 0.1) is 5.92 Å². The number of hydrogen-bond donors (Lipinski definition) is 2. The molecular weight excluding hydrogens is 208 g/mol. The second-order valence-corrected chi connectivity index (χ2v) is 4.52. The van der Waals surface area contributed by atoms with Gasteiger partial charge in [-0.05, 0) is 31.8 Å². The molecule has 1 aliphatic rings. The Balaban J connectivity index is 2.18. The molecule has 1 atom stereocenters. The number of aliphatic hydroxyl groups excluding tert-OH is 1. The van der Waals surface area contributed by atoms with E-state index in [0.29, 0.717) is 25.5 Å². The van der Waals surface area contributed by atoms with Crippen LogP contribution < -0.4 is 5.73 Å². The van der Waals surface area contributed by atoms with Gasteiger partial charge in [0.25, 0.3) is 0 Å². The van der Waals surface area contributed by atoms with Gasteiger partial charge in [-0.15, -0.1) is 0 Å². The molecule has 0 spiro atoms. The maximum Gasteiger partial charge on any atom is 0.217 e. The van der Waals surface area contributed by atoms with Gasteiger partial charge in [-0.2, -0.15) is 0 Å². The molecule has 0 aromatic rings. The fourth-order valence-electron chi connectivity index (χ4n) is 2.20. The predicted molar refractivity (Wildman–Crippen MR) is 60.9 cm³/mol. The van der Waals surface area contributed by atoms with Crippen LogP contribution in [0.1, 0.15) is 19.3 Å². The van der Waals surface area contributed by atoms with E-state index in [9.17, 15) is 9.90 Å². The monoisotopic (exact) mass is 230 g/mol. The first kappa shape index (κ1) is 13.4. The van der Waals surface area contributed by atoms with Crippen molar-refractivity contribution in [3.05, 3.63) is 0 Å². The summed E-state index contributed by atoms with van der Waals surface area (Å²) in [6.07, 6.45) is 2.05. The fourth-order valence-corrected chi connectivity index (χ4v) is 2.20. The SMILES string of the molecule is COCC(O)CN1CCC(CC(N)=O)CC1. The summed E-state index contributed by atoms with van der Waals surface area (Å²) in [7, 11) is 1.59. The van der Waals surface area contributed by atoms with Gasteiger partial charge >= 0.3 is 0 Å². The van der Waals surface area contributed by atoms with Gasteiger partial charge in [0.15, 0.2) is 0 Å². The average Bonchev–Trinajstić information content (AvgIpc) is 2.20. The molecular formula is C11H22N2O3. The van der Waals surface area contributed by atoms with Gasteiger partial charge in [0.2, 0.25) is 5.91 Å². The van der Waals surface area contributed by atoms with Crippen LogP contribution in [0.25, 0.3) is 0 Å². The summed E-state index contributed by atoms with van der Waals surface area (Å²) in [6.45, 7) is 2.88. The minimum Gasteiger partial charge on any atom is -0.389 e. The van der Waals surface area contributed by atoms with E-state index in [0.717, 1.165) is 25.9 Å². The van der Waals surface area contributed by atoms with E-state index in [4.69, 9.17) is 10.5 Å². The molecule has 5 nitrogen and oxygen atoms in total. The Hall–Kier alpha value is -0.650. The van der Waals surface area contributed by atoms with E-state index in [1.807, 2.05) is 0 Å². The number of hydrogen-bond acceptors (Lipinski definition) is 4. The van der Waals surface area contributed by atoms with Gasteiger partial charge in [0, 0.05) is 20.1 Å². The smallest absolute Gasteiger partial charge is 0.217 e. The molecule has 1 unspecified atom stereocenters. The van der Waals surface area contributed by atoms with Crippen LogP contribution in [0.5, 0.6) is 0 Å². The Morgan fingerprint density at radius 1 is 1.56 bits per heavy atom. The van der Waals surface area contributed by atoms with Crippen LogP contribution in [0.2, 0.25) is 0 Å². The molecule has 16 heavy (non-hydrogen) atoms. The second-order valence-electron chi connectivity index (χ2n) is 4.52. The molecule has 1 fully saturated rings. The molecule has 5 heteroatoms. The van der Waals surface area contributed by atoms with Crippen molar-refractivity contribution >= 4 is 5.91 Å². The molecule has 0 radical (unpaired) electrons. The summed E-state index contributed by atoms with van der Waals surface area (Å²) in [5.74, 6) is 0.214. The lowest BCUT2D eigenvalue weighted by Gasteiger charge is -2.32. The number of methoxy groups -OCH3 is 1. The number of likely N-dealkylation sites (tertiary alicyclic amines) is 1. The van der Waals surface area contributed by atoms with Crippen molar-refractivity contribution in [2.75, 3.05) is 33.4 Å². The Kier molecular flexibility index (Phi) is 5.73. The lowest BCUT2D eigenvalue weighted by atomic mass is 9.93. The third-order valence-electron chi connectivity index (χ3n) is 3.03. The summed E-state index contributed by atoms with van der Waals surface area (Å²) < 4.78 is 4.88. The van der Waals surface area contributed by atoms with Gasteiger partial charge in [0.1, 0.15) is 0 Å². The van der Waals surface area contributed by atoms with E-state index in [2.05, 4.69) is 4.90 Å². The summed E-state index contributed by atoms with van der Waals surface area (Å²) in [4.78, 5) is 13.0. The zero-order valence-electron chi connectivity index (χ0n) is 9.89. The lowest BCUT2D eigenvalue weighted by Crippen LogP contribution is -2.40. The van der Waals surface area contributed by atoms with Crippen molar-refractivity contribution in [2.45, 2.75) is 25.4 Å². The molecule has 94 valence electrons. The maximum atomic E-state index is 10.8. The highest BCUT2D eigenvalue weighted by atomic mass is 16.5. The number of rotatable bonds is 6. The van der Waals surface area contributed by atoms with Crippen molar-refractivity contribution in [3.8, 4) is 0 Å². The maximum absolute atomic E-state index is 10.8. The quantitative estimate of drug-likeness (QED) is 0.650. The van der Waals surface area contributed by atoms with E-state index in [1.165, 1.54) is 0 Å². The highest BCUT2D eigenvalue weighted by Gasteiger charge is 2.21. The number of nitrogens with zero attached hydrogens (tertiary/aromatic N) is 1. The number of aliphatic hydroxyl groups is 1. The van der Waals surface area contributed by atoms with E-state index >= 15 is 0 Å². The Bertz CT molecular complexity index is 215. The summed E-state index contributed by atoms with van der Waals surface area (Å²) in [5, 5.41) is 9.57. The average molecular weight is 230 g/mol. The molecule has 1 saturated heterocycles. The first-order valence-electron chi connectivity index (χ1n) is 5.79.